The van der Waals surface area contributed by atoms with Gasteiger partial charge in [0.25, 0.3) is 0 Å². The van der Waals surface area contributed by atoms with E-state index < -0.39 is 0 Å². The van der Waals surface area contributed by atoms with E-state index in [-0.39, 0.29) is 10.8 Å². The Morgan fingerprint density at radius 1 is 0.500 bits per heavy atom. The van der Waals surface area contributed by atoms with Crippen LogP contribution in [0.25, 0.3) is 45.6 Å². The van der Waals surface area contributed by atoms with Crippen LogP contribution in [0.2, 0.25) is 0 Å². The fraction of sp³-hybridized carbons (Fsp3) is 0.250. The number of rotatable bonds is 4. The summed E-state index contributed by atoms with van der Waals surface area (Å²) in [4.78, 5) is 9.06. The molecule has 0 atom stereocenters. The summed E-state index contributed by atoms with van der Waals surface area (Å²) in [5, 5.41) is 0. The van der Waals surface area contributed by atoms with E-state index in [1.165, 1.54) is 11.1 Å². The standard InChI is InChI=1S/C32H32N2O2/c1-31(2,3)25-14-10-21(11-15-25)27-19-33-29(35-27)23-8-7-9-24(18-23)30-34-20-28(36-30)22-12-16-26(17-13-22)32(4,5)6/h7-20H,1-6H3. The van der Waals surface area contributed by atoms with E-state index in [1.807, 2.05) is 24.3 Å². The van der Waals surface area contributed by atoms with Crippen LogP contribution in [0.1, 0.15) is 52.7 Å². The quantitative estimate of drug-likeness (QED) is 0.260. The monoisotopic (exact) mass is 476 g/mol. The molecule has 0 saturated heterocycles. The van der Waals surface area contributed by atoms with Crippen molar-refractivity contribution >= 4 is 0 Å². The van der Waals surface area contributed by atoms with Crippen LogP contribution in [0.15, 0.2) is 94.0 Å². The van der Waals surface area contributed by atoms with Gasteiger partial charge >= 0.3 is 0 Å². The van der Waals surface area contributed by atoms with Crippen LogP contribution in [0, 0.1) is 0 Å². The van der Waals surface area contributed by atoms with Crippen molar-refractivity contribution in [1.29, 1.82) is 0 Å². The molecule has 3 aromatic carbocycles. The molecule has 0 radical (unpaired) electrons. The second kappa shape index (κ2) is 8.94. The SMILES string of the molecule is CC(C)(C)c1ccc(-c2cnc(-c3cccc(-c4ncc(-c5ccc(C(C)(C)C)cc5)o4)c3)o2)cc1. The molecule has 182 valence electrons. The Labute approximate surface area is 213 Å². The predicted molar refractivity (Wildman–Crippen MR) is 146 cm³/mol. The van der Waals surface area contributed by atoms with Crippen molar-refractivity contribution < 1.29 is 8.83 Å². The highest BCUT2D eigenvalue weighted by atomic mass is 16.4. The van der Waals surface area contributed by atoms with Crippen LogP contribution in [0.4, 0.5) is 0 Å². The molecule has 0 N–H and O–H groups in total. The molecule has 4 heteroatoms. The topological polar surface area (TPSA) is 52.1 Å². The first-order valence-electron chi connectivity index (χ1n) is 12.3. The lowest BCUT2D eigenvalue weighted by molar-refractivity contribution is 0.583. The summed E-state index contributed by atoms with van der Waals surface area (Å²) in [5.74, 6) is 2.62. The second-order valence-electron chi connectivity index (χ2n) is 11.3. The number of nitrogens with zero attached hydrogens (tertiary/aromatic N) is 2. The van der Waals surface area contributed by atoms with Crippen LogP contribution >= 0.6 is 0 Å². The Hall–Kier alpha value is -3.92. The van der Waals surface area contributed by atoms with Gasteiger partial charge in [0.1, 0.15) is 0 Å². The molecule has 4 nitrogen and oxygen atoms in total. The lowest BCUT2D eigenvalue weighted by Crippen LogP contribution is -2.10. The fourth-order valence-electron chi connectivity index (χ4n) is 4.14. The summed E-state index contributed by atoms with van der Waals surface area (Å²) >= 11 is 0. The zero-order valence-electron chi connectivity index (χ0n) is 21.8. The maximum atomic E-state index is 6.12. The third-order valence-electron chi connectivity index (χ3n) is 6.44. The third-order valence-corrected chi connectivity index (χ3v) is 6.44. The molecule has 5 rings (SSSR count). The van der Waals surface area contributed by atoms with Gasteiger partial charge in [0.05, 0.1) is 12.4 Å². The summed E-state index contributed by atoms with van der Waals surface area (Å²) in [6, 6.07) is 24.9. The Kier molecular flexibility index (Phi) is 5.91. The number of benzene rings is 3. The van der Waals surface area contributed by atoms with Crippen molar-refractivity contribution in [2.24, 2.45) is 0 Å². The molecule has 36 heavy (non-hydrogen) atoms. The minimum atomic E-state index is 0.112. The summed E-state index contributed by atoms with van der Waals surface area (Å²) in [6.45, 7) is 13.3. The first-order chi connectivity index (χ1) is 17.1. The lowest BCUT2D eigenvalue weighted by Gasteiger charge is -2.18. The molecule has 0 bridgehead atoms. The van der Waals surface area contributed by atoms with Crippen LogP contribution < -0.4 is 0 Å². The smallest absolute Gasteiger partial charge is 0.226 e. The predicted octanol–water partition coefficient (Wildman–Crippen LogP) is 8.93. The molecule has 5 aromatic rings. The Morgan fingerprint density at radius 3 is 1.25 bits per heavy atom. The third kappa shape index (κ3) is 4.90. The normalized spacial score (nSPS) is 12.2. The van der Waals surface area contributed by atoms with Gasteiger partial charge in [-0.05, 0) is 40.2 Å². The van der Waals surface area contributed by atoms with Gasteiger partial charge in [0.15, 0.2) is 11.5 Å². The van der Waals surface area contributed by atoms with Gasteiger partial charge in [-0.2, -0.15) is 0 Å². The Bertz CT molecular complexity index is 1360. The van der Waals surface area contributed by atoms with Crippen molar-refractivity contribution in [1.82, 2.24) is 9.97 Å². The highest BCUT2D eigenvalue weighted by Gasteiger charge is 2.17. The van der Waals surface area contributed by atoms with Gasteiger partial charge in [-0.15, -0.1) is 0 Å². The van der Waals surface area contributed by atoms with Crippen LogP contribution in [-0.4, -0.2) is 9.97 Å². The highest BCUT2D eigenvalue weighted by Crippen LogP contribution is 2.32. The van der Waals surface area contributed by atoms with E-state index in [2.05, 4.69) is 100 Å². The molecular formula is C32H32N2O2. The van der Waals surface area contributed by atoms with Gasteiger partial charge in [0.2, 0.25) is 11.8 Å². The van der Waals surface area contributed by atoms with Crippen molar-refractivity contribution in [3.63, 3.8) is 0 Å². The van der Waals surface area contributed by atoms with Crippen molar-refractivity contribution in [3.8, 4) is 45.6 Å². The first kappa shape index (κ1) is 23.8. The number of oxazole rings is 2. The Balaban J connectivity index is 1.38. The van der Waals surface area contributed by atoms with Gasteiger partial charge in [0, 0.05) is 22.3 Å². The minimum Gasteiger partial charge on any atom is -0.436 e. The summed E-state index contributed by atoms with van der Waals surface area (Å²) in [5.41, 5.74) is 6.56. The fourth-order valence-corrected chi connectivity index (χ4v) is 4.14. The number of aromatic nitrogens is 2. The molecule has 0 amide bonds. The molecule has 2 aromatic heterocycles. The van der Waals surface area contributed by atoms with E-state index >= 15 is 0 Å². The van der Waals surface area contributed by atoms with Crippen molar-refractivity contribution in [2.45, 2.75) is 52.4 Å². The van der Waals surface area contributed by atoms with Crippen LogP contribution in [0.5, 0.6) is 0 Å². The van der Waals surface area contributed by atoms with Gasteiger partial charge in [-0.1, -0.05) is 96.1 Å². The van der Waals surface area contributed by atoms with E-state index in [0.717, 1.165) is 33.8 Å². The van der Waals surface area contributed by atoms with Gasteiger partial charge in [-0.25, -0.2) is 9.97 Å². The molecule has 0 spiro atoms. The molecule has 0 saturated carbocycles. The molecule has 0 aliphatic rings. The molecule has 0 fully saturated rings. The largest absolute Gasteiger partial charge is 0.436 e. The number of hydrogen-bond acceptors (Lipinski definition) is 4. The molecule has 0 unspecified atom stereocenters. The average molecular weight is 477 g/mol. The lowest BCUT2D eigenvalue weighted by atomic mass is 9.86. The van der Waals surface area contributed by atoms with Gasteiger partial charge < -0.3 is 8.83 Å². The highest BCUT2D eigenvalue weighted by molar-refractivity contribution is 5.68. The zero-order valence-corrected chi connectivity index (χ0v) is 21.8. The van der Waals surface area contributed by atoms with E-state index in [0.29, 0.717) is 11.8 Å². The van der Waals surface area contributed by atoms with Crippen molar-refractivity contribution in [2.75, 3.05) is 0 Å². The second-order valence-corrected chi connectivity index (χ2v) is 11.3. The molecule has 0 aliphatic heterocycles. The maximum Gasteiger partial charge on any atom is 0.226 e. The first-order valence-corrected chi connectivity index (χ1v) is 12.3. The molecular weight excluding hydrogens is 444 g/mol. The van der Waals surface area contributed by atoms with Crippen LogP contribution in [-0.2, 0) is 10.8 Å². The van der Waals surface area contributed by atoms with Crippen LogP contribution in [0.3, 0.4) is 0 Å². The van der Waals surface area contributed by atoms with E-state index in [4.69, 9.17) is 8.83 Å². The maximum absolute atomic E-state index is 6.12. The van der Waals surface area contributed by atoms with Gasteiger partial charge in [-0.3, -0.25) is 0 Å². The van der Waals surface area contributed by atoms with Crippen molar-refractivity contribution in [3.05, 3.63) is 96.3 Å². The molecule has 0 aliphatic carbocycles. The molecule has 2 heterocycles. The zero-order chi connectivity index (χ0) is 25.5. The summed E-state index contributed by atoms with van der Waals surface area (Å²) in [7, 11) is 0. The number of hydrogen-bond donors (Lipinski definition) is 0. The summed E-state index contributed by atoms with van der Waals surface area (Å²) < 4.78 is 12.2. The summed E-state index contributed by atoms with van der Waals surface area (Å²) in [6.07, 6.45) is 3.55. The Morgan fingerprint density at radius 2 is 0.889 bits per heavy atom. The van der Waals surface area contributed by atoms with E-state index in [9.17, 15) is 0 Å². The van der Waals surface area contributed by atoms with E-state index in [1.54, 1.807) is 12.4 Å². The minimum absolute atomic E-state index is 0.112. The average Bonchev–Trinajstić information content (AvgIpc) is 3.54.